The first-order valence-electron chi connectivity index (χ1n) is 10.4. The molecule has 0 amide bonds. The maximum atomic E-state index is 14.6. The van der Waals surface area contributed by atoms with E-state index < -0.39 is 0 Å². The highest BCUT2D eigenvalue weighted by atomic mass is 32.1. The Labute approximate surface area is 176 Å². The molecule has 0 unspecified atom stereocenters. The molecular formula is C22H31FN4OS. The Morgan fingerprint density at radius 3 is 2.59 bits per heavy atom. The summed E-state index contributed by atoms with van der Waals surface area (Å²) < 4.78 is 14.6. The van der Waals surface area contributed by atoms with Gasteiger partial charge in [0.25, 0.3) is 0 Å². The summed E-state index contributed by atoms with van der Waals surface area (Å²) in [7, 11) is 0. The Morgan fingerprint density at radius 1 is 1.17 bits per heavy atom. The highest BCUT2D eigenvalue weighted by molar-refractivity contribution is 7.11. The van der Waals surface area contributed by atoms with Gasteiger partial charge in [0.2, 0.25) is 0 Å². The van der Waals surface area contributed by atoms with Crippen LogP contribution in [0.4, 0.5) is 10.1 Å². The largest absolute Gasteiger partial charge is 0.393 e. The molecule has 5 nitrogen and oxygen atoms in total. The number of anilines is 1. The van der Waals surface area contributed by atoms with Gasteiger partial charge < -0.3 is 20.6 Å². The van der Waals surface area contributed by atoms with E-state index in [4.69, 9.17) is 0 Å². The smallest absolute Gasteiger partial charge is 0.191 e. The van der Waals surface area contributed by atoms with Crippen LogP contribution in [0.5, 0.6) is 0 Å². The summed E-state index contributed by atoms with van der Waals surface area (Å²) in [4.78, 5) is 9.26. The van der Waals surface area contributed by atoms with E-state index in [0.29, 0.717) is 38.2 Å². The van der Waals surface area contributed by atoms with Crippen molar-refractivity contribution in [2.24, 2.45) is 4.99 Å². The average Bonchev–Trinajstić information content (AvgIpc) is 3.19. The molecule has 1 aliphatic heterocycles. The van der Waals surface area contributed by atoms with Gasteiger partial charge in [-0.05, 0) is 56.0 Å². The maximum Gasteiger partial charge on any atom is 0.191 e. The molecule has 2 aromatic rings. The van der Waals surface area contributed by atoms with Gasteiger partial charge in [0.05, 0.1) is 24.9 Å². The van der Waals surface area contributed by atoms with Crippen LogP contribution in [0, 0.1) is 5.82 Å². The van der Waals surface area contributed by atoms with Crippen molar-refractivity contribution in [3.63, 3.8) is 0 Å². The third-order valence-electron chi connectivity index (χ3n) is 5.08. The summed E-state index contributed by atoms with van der Waals surface area (Å²) in [6.45, 7) is 7.47. The Balaban J connectivity index is 1.60. The van der Waals surface area contributed by atoms with E-state index in [-0.39, 0.29) is 11.9 Å². The molecule has 29 heavy (non-hydrogen) atoms. The summed E-state index contributed by atoms with van der Waals surface area (Å²) in [6, 6.07) is 9.65. The SMILES string of the molecule is CCNC(=NCc1ccc(N2CCC(O)CC2)c(F)c1)NCc1ccc(CC)s1. The number of guanidine groups is 1. The lowest BCUT2D eigenvalue weighted by Crippen LogP contribution is -2.36. The molecule has 0 saturated carbocycles. The first-order valence-corrected chi connectivity index (χ1v) is 11.2. The normalized spacial score (nSPS) is 15.6. The number of aryl methyl sites for hydroxylation is 1. The number of hydrogen-bond donors (Lipinski definition) is 3. The third-order valence-corrected chi connectivity index (χ3v) is 6.31. The Hall–Kier alpha value is -2.12. The van der Waals surface area contributed by atoms with Crippen molar-refractivity contribution in [3.8, 4) is 0 Å². The lowest BCUT2D eigenvalue weighted by Gasteiger charge is -2.31. The predicted molar refractivity (Wildman–Crippen MR) is 119 cm³/mol. The van der Waals surface area contributed by atoms with Crippen LogP contribution >= 0.6 is 11.3 Å². The highest BCUT2D eigenvalue weighted by Crippen LogP contribution is 2.24. The standard InChI is InChI=1S/C22H31FN4OS/c1-3-18-6-7-19(29-18)15-26-22(24-4-2)25-14-16-5-8-21(20(23)13-16)27-11-9-17(28)10-12-27/h5-8,13,17,28H,3-4,9-12,14-15H2,1-2H3,(H2,24,25,26). The van der Waals surface area contributed by atoms with Crippen molar-refractivity contribution in [2.45, 2.75) is 52.3 Å². The van der Waals surface area contributed by atoms with Crippen molar-refractivity contribution in [1.82, 2.24) is 10.6 Å². The summed E-state index contributed by atoms with van der Waals surface area (Å²) in [5.41, 5.74) is 1.45. The van der Waals surface area contributed by atoms with Crippen molar-refractivity contribution < 1.29 is 9.50 Å². The first-order chi connectivity index (χ1) is 14.1. The topological polar surface area (TPSA) is 59.9 Å². The number of nitrogens with zero attached hydrogens (tertiary/aromatic N) is 2. The Kier molecular flexibility index (Phi) is 7.89. The van der Waals surface area contributed by atoms with E-state index >= 15 is 0 Å². The molecule has 0 radical (unpaired) electrons. The van der Waals surface area contributed by atoms with Gasteiger partial charge in [0.1, 0.15) is 5.82 Å². The van der Waals surface area contributed by atoms with Crippen LogP contribution in [-0.4, -0.2) is 36.8 Å². The van der Waals surface area contributed by atoms with Crippen molar-refractivity contribution in [2.75, 3.05) is 24.5 Å². The van der Waals surface area contributed by atoms with Crippen molar-refractivity contribution >= 4 is 23.0 Å². The van der Waals surface area contributed by atoms with Crippen LogP contribution in [-0.2, 0) is 19.5 Å². The van der Waals surface area contributed by atoms with E-state index in [2.05, 4.69) is 34.7 Å². The summed E-state index contributed by atoms with van der Waals surface area (Å²) in [6.07, 6.45) is 2.17. The van der Waals surface area contributed by atoms with Crippen LogP contribution in [0.2, 0.25) is 0 Å². The molecule has 0 aliphatic carbocycles. The van der Waals surface area contributed by atoms with Crippen LogP contribution in [0.1, 0.15) is 42.0 Å². The molecule has 1 aromatic heterocycles. The average molecular weight is 419 g/mol. The van der Waals surface area contributed by atoms with Gasteiger partial charge in [0.15, 0.2) is 5.96 Å². The van der Waals surface area contributed by atoms with E-state index in [1.807, 2.05) is 35.3 Å². The number of aliphatic hydroxyl groups is 1. The molecule has 1 aromatic carbocycles. The minimum atomic E-state index is -0.261. The number of benzene rings is 1. The number of rotatable bonds is 7. The summed E-state index contributed by atoms with van der Waals surface area (Å²) in [5, 5.41) is 16.2. The van der Waals surface area contributed by atoms with Gasteiger partial charge in [-0.2, -0.15) is 0 Å². The van der Waals surface area contributed by atoms with Crippen molar-refractivity contribution in [3.05, 3.63) is 51.5 Å². The second-order valence-corrected chi connectivity index (χ2v) is 8.53. The molecule has 0 spiro atoms. The van der Waals surface area contributed by atoms with Gasteiger partial charge in [-0.25, -0.2) is 9.38 Å². The number of piperidine rings is 1. The molecule has 3 rings (SSSR count). The molecule has 1 fully saturated rings. The molecule has 7 heteroatoms. The summed E-state index contributed by atoms with van der Waals surface area (Å²) >= 11 is 1.81. The zero-order valence-electron chi connectivity index (χ0n) is 17.2. The van der Waals surface area contributed by atoms with Crippen molar-refractivity contribution in [1.29, 1.82) is 0 Å². The second-order valence-electron chi connectivity index (χ2n) is 7.27. The second kappa shape index (κ2) is 10.6. The molecule has 1 saturated heterocycles. The Morgan fingerprint density at radius 2 is 1.93 bits per heavy atom. The monoisotopic (exact) mass is 418 g/mol. The van der Waals surface area contributed by atoms with Gasteiger partial charge in [0, 0.05) is 29.4 Å². The number of aliphatic hydroxyl groups excluding tert-OH is 1. The molecule has 2 heterocycles. The number of aliphatic imine (C=N–C) groups is 1. The number of halogens is 1. The maximum absolute atomic E-state index is 14.6. The van der Waals surface area contributed by atoms with Crippen LogP contribution in [0.15, 0.2) is 35.3 Å². The van der Waals surface area contributed by atoms with Crippen LogP contribution in [0.25, 0.3) is 0 Å². The van der Waals surface area contributed by atoms with Gasteiger partial charge >= 0.3 is 0 Å². The zero-order valence-corrected chi connectivity index (χ0v) is 18.1. The quantitative estimate of drug-likeness (QED) is 0.474. The fourth-order valence-electron chi connectivity index (χ4n) is 3.40. The van der Waals surface area contributed by atoms with E-state index in [1.54, 1.807) is 6.07 Å². The fourth-order valence-corrected chi connectivity index (χ4v) is 4.30. The number of thiophene rings is 1. The van der Waals surface area contributed by atoms with Crippen LogP contribution in [0.3, 0.4) is 0 Å². The number of nitrogens with one attached hydrogen (secondary N) is 2. The number of hydrogen-bond acceptors (Lipinski definition) is 4. The lowest BCUT2D eigenvalue weighted by molar-refractivity contribution is 0.145. The highest BCUT2D eigenvalue weighted by Gasteiger charge is 2.19. The minimum Gasteiger partial charge on any atom is -0.393 e. The van der Waals surface area contributed by atoms with E-state index in [9.17, 15) is 9.50 Å². The third kappa shape index (κ3) is 6.18. The zero-order chi connectivity index (χ0) is 20.6. The predicted octanol–water partition coefficient (Wildman–Crippen LogP) is 3.67. The van der Waals surface area contributed by atoms with Crippen LogP contribution < -0.4 is 15.5 Å². The molecule has 1 aliphatic rings. The molecule has 3 N–H and O–H groups in total. The molecule has 0 bridgehead atoms. The first kappa shape index (κ1) is 21.6. The molecular weight excluding hydrogens is 387 g/mol. The molecule has 158 valence electrons. The van der Waals surface area contributed by atoms with Gasteiger partial charge in [-0.3, -0.25) is 0 Å². The minimum absolute atomic E-state index is 0.224. The lowest BCUT2D eigenvalue weighted by atomic mass is 10.1. The van der Waals surface area contributed by atoms with E-state index in [0.717, 1.165) is 31.0 Å². The Bertz CT molecular complexity index is 815. The summed E-state index contributed by atoms with van der Waals surface area (Å²) in [5.74, 6) is 0.506. The van der Waals surface area contributed by atoms with E-state index in [1.165, 1.54) is 9.75 Å². The van der Waals surface area contributed by atoms with Gasteiger partial charge in [-0.1, -0.05) is 13.0 Å². The van der Waals surface area contributed by atoms with Gasteiger partial charge in [-0.15, -0.1) is 11.3 Å². The fraction of sp³-hybridized carbons (Fsp3) is 0.500. The molecule has 0 atom stereocenters.